The normalized spacial score (nSPS) is 16.6. The Kier molecular flexibility index (Phi) is 1.88. The molecule has 0 radical (unpaired) electrons. The molecule has 0 fully saturated rings. The van der Waals surface area contributed by atoms with Crippen LogP contribution < -0.4 is 5.56 Å². The molecule has 6 heteroatoms. The highest BCUT2D eigenvalue weighted by atomic mass is 19.2. The van der Waals surface area contributed by atoms with Gasteiger partial charge in [-0.1, -0.05) is 9.39 Å². The number of hydrogen-bond donors (Lipinski definition) is 0. The quantitative estimate of drug-likeness (QED) is 0.628. The first-order valence-electron chi connectivity index (χ1n) is 4.99. The van der Waals surface area contributed by atoms with E-state index >= 15 is 0 Å². The fourth-order valence-electron chi connectivity index (χ4n) is 2.18. The van der Waals surface area contributed by atoms with Gasteiger partial charge >= 0.3 is 5.56 Å². The van der Waals surface area contributed by atoms with E-state index in [1.54, 1.807) is 12.1 Å². The van der Waals surface area contributed by atoms with Gasteiger partial charge in [0.25, 0.3) is 0 Å². The lowest BCUT2D eigenvalue weighted by Crippen LogP contribution is -2.34. The van der Waals surface area contributed by atoms with Crippen LogP contribution in [0.4, 0.5) is 8.96 Å². The van der Waals surface area contributed by atoms with E-state index in [2.05, 4.69) is 0 Å². The molecule has 0 unspecified atom stereocenters. The molecule has 0 saturated heterocycles. The molecule has 3 heterocycles. The van der Waals surface area contributed by atoms with Gasteiger partial charge in [-0.25, -0.2) is 4.52 Å². The summed E-state index contributed by atoms with van der Waals surface area (Å²) < 4.78 is 27.8. The molecular formula is C10H9F2N3O. The summed E-state index contributed by atoms with van der Waals surface area (Å²) in [6, 6.07) is 3.38. The maximum Gasteiger partial charge on any atom is 0.300 e. The Morgan fingerprint density at radius 1 is 1.25 bits per heavy atom. The van der Waals surface area contributed by atoms with E-state index in [1.165, 1.54) is 6.20 Å². The molecule has 2 aromatic rings. The predicted molar refractivity (Wildman–Crippen MR) is 53.4 cm³/mol. The summed E-state index contributed by atoms with van der Waals surface area (Å²) in [5.74, 6) is 0. The average molecular weight is 225 g/mol. The van der Waals surface area contributed by atoms with Crippen LogP contribution in [0.2, 0.25) is 0 Å². The smallest absolute Gasteiger partial charge is 0.265 e. The van der Waals surface area contributed by atoms with Crippen molar-refractivity contribution in [1.29, 1.82) is 0 Å². The van der Waals surface area contributed by atoms with Gasteiger partial charge in [0.2, 0.25) is 0 Å². The van der Waals surface area contributed by atoms with Crippen molar-refractivity contribution >= 4 is 5.52 Å². The number of hydrogen-bond acceptors (Lipinski definition) is 2. The van der Waals surface area contributed by atoms with E-state index in [1.807, 2.05) is 0 Å². The van der Waals surface area contributed by atoms with Gasteiger partial charge in [0.15, 0.2) is 0 Å². The highest BCUT2D eigenvalue weighted by molar-refractivity contribution is 5.57. The Morgan fingerprint density at radius 2 is 2.06 bits per heavy atom. The third-order valence-corrected chi connectivity index (χ3v) is 2.95. The summed E-state index contributed by atoms with van der Waals surface area (Å²) in [4.78, 5) is 11.7. The molecule has 0 bridgehead atoms. The first kappa shape index (κ1) is 9.53. The van der Waals surface area contributed by atoms with Crippen LogP contribution in [0.25, 0.3) is 5.52 Å². The van der Waals surface area contributed by atoms with E-state index in [-0.39, 0.29) is 23.6 Å². The minimum atomic E-state index is -0.777. The molecule has 3 rings (SSSR count). The zero-order valence-electron chi connectivity index (χ0n) is 8.36. The third kappa shape index (κ3) is 1.13. The van der Waals surface area contributed by atoms with Gasteiger partial charge in [0.1, 0.15) is 0 Å². The van der Waals surface area contributed by atoms with Crippen LogP contribution >= 0.6 is 0 Å². The van der Waals surface area contributed by atoms with Crippen LogP contribution in [0.15, 0.2) is 23.1 Å². The molecule has 84 valence electrons. The van der Waals surface area contributed by atoms with Crippen molar-refractivity contribution in [3.63, 3.8) is 0 Å². The second-order valence-corrected chi connectivity index (χ2v) is 3.85. The van der Waals surface area contributed by atoms with Crippen molar-refractivity contribution in [3.05, 3.63) is 39.8 Å². The molecular weight excluding hydrogens is 216 g/mol. The summed E-state index contributed by atoms with van der Waals surface area (Å²) in [6.07, 6.45) is 1.90. The summed E-state index contributed by atoms with van der Waals surface area (Å²) >= 11 is 0. The third-order valence-electron chi connectivity index (χ3n) is 2.95. The molecule has 0 aromatic carbocycles. The van der Waals surface area contributed by atoms with E-state index < -0.39 is 5.56 Å². The molecule has 16 heavy (non-hydrogen) atoms. The van der Waals surface area contributed by atoms with Crippen LogP contribution in [0.1, 0.15) is 11.1 Å². The van der Waals surface area contributed by atoms with Crippen molar-refractivity contribution in [3.8, 4) is 0 Å². The fraction of sp³-hybridized carbons (Fsp3) is 0.300. The molecule has 1 aliphatic rings. The molecule has 0 saturated carbocycles. The number of aromatic nitrogens is 2. The maximum absolute atomic E-state index is 13.6. The topological polar surface area (TPSA) is 29.6 Å². The first-order chi connectivity index (χ1) is 7.68. The Labute approximate surface area is 89.2 Å². The van der Waals surface area contributed by atoms with E-state index in [9.17, 15) is 13.8 Å². The lowest BCUT2D eigenvalue weighted by atomic mass is 10.0. The molecule has 0 atom stereocenters. The van der Waals surface area contributed by atoms with Crippen molar-refractivity contribution in [1.82, 2.24) is 14.5 Å². The van der Waals surface area contributed by atoms with Gasteiger partial charge in [0.05, 0.1) is 12.1 Å². The second kappa shape index (κ2) is 3.15. The lowest BCUT2D eigenvalue weighted by Gasteiger charge is -2.21. The van der Waals surface area contributed by atoms with Crippen LogP contribution in [-0.2, 0) is 13.0 Å². The van der Waals surface area contributed by atoms with Gasteiger partial charge in [-0.3, -0.25) is 4.79 Å². The van der Waals surface area contributed by atoms with Crippen molar-refractivity contribution in [2.24, 2.45) is 0 Å². The van der Waals surface area contributed by atoms with Crippen LogP contribution in [-0.4, -0.2) is 21.1 Å². The average Bonchev–Trinajstić information content (AvgIpc) is 2.75. The highest BCUT2D eigenvalue weighted by Crippen LogP contribution is 2.21. The zero-order chi connectivity index (χ0) is 11.3. The van der Waals surface area contributed by atoms with Gasteiger partial charge in [-0.2, -0.15) is 0 Å². The van der Waals surface area contributed by atoms with E-state index in [0.29, 0.717) is 17.1 Å². The van der Waals surface area contributed by atoms with Crippen molar-refractivity contribution in [2.75, 3.05) is 6.54 Å². The Bertz CT molecular complexity index is 616. The van der Waals surface area contributed by atoms with Crippen LogP contribution in [0.5, 0.6) is 0 Å². The molecule has 4 nitrogen and oxygen atoms in total. The van der Waals surface area contributed by atoms with Gasteiger partial charge < -0.3 is 0 Å². The second-order valence-electron chi connectivity index (χ2n) is 3.85. The fourth-order valence-corrected chi connectivity index (χ4v) is 2.18. The lowest BCUT2D eigenvalue weighted by molar-refractivity contribution is 0.00913. The maximum atomic E-state index is 13.6. The number of nitrogens with zero attached hydrogens (tertiary/aromatic N) is 3. The molecule has 0 aliphatic carbocycles. The zero-order valence-corrected chi connectivity index (χ0v) is 8.36. The Balaban J connectivity index is 2.41. The molecule has 0 amide bonds. The van der Waals surface area contributed by atoms with Crippen molar-refractivity contribution < 1.29 is 8.96 Å². The van der Waals surface area contributed by atoms with Crippen LogP contribution in [0.3, 0.4) is 0 Å². The van der Waals surface area contributed by atoms with Crippen molar-refractivity contribution in [2.45, 2.75) is 13.0 Å². The summed E-state index contributed by atoms with van der Waals surface area (Å²) in [6.45, 7) is 0.101. The minimum Gasteiger partial charge on any atom is -0.265 e. The monoisotopic (exact) mass is 225 g/mol. The number of fused-ring (bicyclic) bond motifs is 3. The summed E-state index contributed by atoms with van der Waals surface area (Å²) in [5.41, 5.74) is 0.812. The highest BCUT2D eigenvalue weighted by Gasteiger charge is 2.23. The van der Waals surface area contributed by atoms with Crippen LogP contribution in [0, 0.1) is 0 Å². The molecule has 2 aromatic heterocycles. The Hall–Kier alpha value is -1.69. The predicted octanol–water partition coefficient (Wildman–Crippen LogP) is 1.08. The Morgan fingerprint density at radius 3 is 2.88 bits per heavy atom. The minimum absolute atomic E-state index is 0.0212. The largest absolute Gasteiger partial charge is 0.300 e. The summed E-state index contributed by atoms with van der Waals surface area (Å²) in [7, 11) is 0. The van der Waals surface area contributed by atoms with E-state index in [0.717, 1.165) is 10.1 Å². The van der Waals surface area contributed by atoms with E-state index in [4.69, 9.17) is 0 Å². The molecule has 0 spiro atoms. The SMILES string of the molecule is O=c1c2c(c3cccn3n1F)CCN(F)C2. The molecule has 1 aliphatic heterocycles. The van der Waals surface area contributed by atoms with Gasteiger partial charge in [-0.15, -0.1) is 9.60 Å². The molecule has 0 N–H and O–H groups in total. The number of halogens is 2. The van der Waals surface area contributed by atoms with Gasteiger partial charge in [0, 0.05) is 18.3 Å². The first-order valence-corrected chi connectivity index (χ1v) is 4.99. The van der Waals surface area contributed by atoms with Gasteiger partial charge in [-0.05, 0) is 24.1 Å². The number of rotatable bonds is 0. The standard InChI is InChI=1S/C10H9F2N3O/c11-13-5-3-7-8(6-13)10(16)15(12)14-4-1-2-9(7)14/h1-2,4H,3,5-6H2. The summed E-state index contributed by atoms with van der Waals surface area (Å²) in [5, 5.41) is 0.531.